The molecule has 0 bridgehead atoms. The fourth-order valence-corrected chi connectivity index (χ4v) is 5.18. The highest BCUT2D eigenvalue weighted by Crippen LogP contribution is 2.34. The van der Waals surface area contributed by atoms with Crippen LogP contribution in [0.25, 0.3) is 0 Å². The number of benzene rings is 2. The second-order valence-corrected chi connectivity index (χ2v) is 8.00. The van der Waals surface area contributed by atoms with Gasteiger partial charge in [0.1, 0.15) is 0 Å². The Bertz CT molecular complexity index is 822. The number of rotatable bonds is 2. The number of carbonyl (C=O) groups excluding carboxylic acids is 1. The lowest BCUT2D eigenvalue weighted by Crippen LogP contribution is -2.50. The lowest BCUT2D eigenvalue weighted by Gasteiger charge is -2.42. The minimum absolute atomic E-state index is 0.288. The maximum absolute atomic E-state index is 12.6. The van der Waals surface area contributed by atoms with Gasteiger partial charge in [-0.25, -0.2) is 0 Å². The van der Waals surface area contributed by atoms with Crippen LogP contribution in [0.5, 0.6) is 0 Å². The molecule has 1 amide bonds. The van der Waals surface area contributed by atoms with Gasteiger partial charge in [-0.2, -0.15) is 0 Å². The summed E-state index contributed by atoms with van der Waals surface area (Å²) in [4.78, 5) is 17.3. The molecule has 1 atom stereocenters. The lowest BCUT2D eigenvalue weighted by atomic mass is 9.86. The van der Waals surface area contributed by atoms with E-state index in [1.165, 1.54) is 36.0 Å². The number of likely N-dealkylation sites (tertiary alicyclic amines) is 1. The Morgan fingerprint density at radius 2 is 1.46 bits per heavy atom. The summed E-state index contributed by atoms with van der Waals surface area (Å²) < 4.78 is 0. The SMILES string of the molecule is O=C1Cc2ccccc2N1C1CCN(C2CCc3ccccc3C2)CC1. The van der Waals surface area contributed by atoms with Crippen molar-refractivity contribution in [2.75, 3.05) is 18.0 Å². The smallest absolute Gasteiger partial charge is 0.231 e. The van der Waals surface area contributed by atoms with Crippen molar-refractivity contribution >= 4 is 11.6 Å². The number of hydrogen-bond donors (Lipinski definition) is 0. The maximum Gasteiger partial charge on any atom is 0.231 e. The molecule has 1 fully saturated rings. The van der Waals surface area contributed by atoms with Gasteiger partial charge in [-0.05, 0) is 54.9 Å². The molecule has 1 aliphatic carbocycles. The van der Waals surface area contributed by atoms with E-state index in [1.807, 2.05) is 6.07 Å². The molecule has 2 aromatic rings. The predicted molar refractivity (Wildman–Crippen MR) is 104 cm³/mol. The van der Waals surface area contributed by atoms with Crippen molar-refractivity contribution in [3.05, 3.63) is 65.2 Å². The molecule has 2 heterocycles. The zero-order chi connectivity index (χ0) is 17.5. The summed E-state index contributed by atoms with van der Waals surface area (Å²) in [5.41, 5.74) is 5.43. The number of anilines is 1. The number of hydrogen-bond acceptors (Lipinski definition) is 2. The van der Waals surface area contributed by atoms with Crippen LogP contribution in [-0.4, -0.2) is 36.0 Å². The average Bonchev–Trinajstić information content (AvgIpc) is 3.03. The monoisotopic (exact) mass is 346 g/mol. The lowest BCUT2D eigenvalue weighted by molar-refractivity contribution is -0.118. The first kappa shape index (κ1) is 16.1. The number of para-hydroxylation sites is 1. The number of fused-ring (bicyclic) bond motifs is 2. The van der Waals surface area contributed by atoms with Gasteiger partial charge in [0.05, 0.1) is 6.42 Å². The molecular weight excluding hydrogens is 320 g/mol. The highest BCUT2D eigenvalue weighted by molar-refractivity contribution is 6.01. The van der Waals surface area contributed by atoms with Crippen molar-refractivity contribution in [2.24, 2.45) is 0 Å². The van der Waals surface area contributed by atoms with Gasteiger partial charge in [0, 0.05) is 30.9 Å². The molecule has 3 heteroatoms. The molecule has 2 aliphatic heterocycles. The summed E-state index contributed by atoms with van der Waals surface area (Å²) in [5, 5.41) is 0. The summed E-state index contributed by atoms with van der Waals surface area (Å²) in [6.45, 7) is 2.23. The molecule has 2 aromatic carbocycles. The van der Waals surface area contributed by atoms with Gasteiger partial charge in [-0.15, -0.1) is 0 Å². The van der Waals surface area contributed by atoms with Gasteiger partial charge in [-0.3, -0.25) is 9.69 Å². The van der Waals surface area contributed by atoms with Gasteiger partial charge in [0.15, 0.2) is 0 Å². The molecule has 0 spiro atoms. The summed E-state index contributed by atoms with van der Waals surface area (Å²) in [6, 6.07) is 18.3. The minimum atomic E-state index is 0.288. The molecule has 1 unspecified atom stereocenters. The van der Waals surface area contributed by atoms with Crippen LogP contribution >= 0.6 is 0 Å². The standard InChI is InChI=1S/C23H26N2O/c26-23-16-19-7-3-4-8-22(19)25(23)20-11-13-24(14-12-20)21-10-9-17-5-1-2-6-18(17)15-21/h1-8,20-21H,9-16H2. The van der Waals surface area contributed by atoms with Gasteiger partial charge in [0.2, 0.25) is 5.91 Å². The van der Waals surface area contributed by atoms with E-state index in [0.29, 0.717) is 18.5 Å². The first-order chi connectivity index (χ1) is 12.8. The molecule has 3 aliphatic rings. The number of amides is 1. The van der Waals surface area contributed by atoms with E-state index < -0.39 is 0 Å². The van der Waals surface area contributed by atoms with Crippen LogP contribution in [0, 0.1) is 0 Å². The largest absolute Gasteiger partial charge is 0.309 e. The normalized spacial score (nSPS) is 23.8. The highest BCUT2D eigenvalue weighted by atomic mass is 16.2. The van der Waals surface area contributed by atoms with Gasteiger partial charge in [0.25, 0.3) is 0 Å². The number of carbonyl (C=O) groups is 1. The third-order valence-corrected chi connectivity index (χ3v) is 6.56. The van der Waals surface area contributed by atoms with Crippen LogP contribution in [0.1, 0.15) is 36.0 Å². The van der Waals surface area contributed by atoms with Crippen molar-refractivity contribution < 1.29 is 4.79 Å². The van der Waals surface area contributed by atoms with Crippen molar-refractivity contribution in [2.45, 2.75) is 50.6 Å². The molecular formula is C23H26N2O. The Kier molecular flexibility index (Phi) is 4.05. The van der Waals surface area contributed by atoms with Gasteiger partial charge < -0.3 is 4.90 Å². The van der Waals surface area contributed by atoms with E-state index in [0.717, 1.165) is 31.6 Å². The topological polar surface area (TPSA) is 23.6 Å². The van der Waals surface area contributed by atoms with Crippen molar-refractivity contribution in [1.82, 2.24) is 4.90 Å². The maximum atomic E-state index is 12.6. The molecule has 1 saturated heterocycles. The second kappa shape index (κ2) is 6.55. The number of nitrogens with zero attached hydrogens (tertiary/aromatic N) is 2. The Hall–Kier alpha value is -2.13. The Morgan fingerprint density at radius 3 is 2.27 bits per heavy atom. The third-order valence-electron chi connectivity index (χ3n) is 6.56. The van der Waals surface area contributed by atoms with Crippen LogP contribution in [0.15, 0.2) is 48.5 Å². The molecule has 0 radical (unpaired) electrons. The average molecular weight is 346 g/mol. The van der Waals surface area contributed by atoms with E-state index in [-0.39, 0.29) is 5.91 Å². The molecule has 0 saturated carbocycles. The van der Waals surface area contributed by atoms with Gasteiger partial charge in [-0.1, -0.05) is 42.5 Å². The highest BCUT2D eigenvalue weighted by Gasteiger charge is 2.36. The van der Waals surface area contributed by atoms with Crippen molar-refractivity contribution in [1.29, 1.82) is 0 Å². The van der Waals surface area contributed by atoms with Crippen molar-refractivity contribution in [3.8, 4) is 0 Å². The summed E-state index contributed by atoms with van der Waals surface area (Å²) in [7, 11) is 0. The molecule has 26 heavy (non-hydrogen) atoms. The fourth-order valence-electron chi connectivity index (χ4n) is 5.18. The second-order valence-electron chi connectivity index (χ2n) is 8.00. The zero-order valence-electron chi connectivity index (χ0n) is 15.2. The number of aryl methyl sites for hydroxylation is 1. The first-order valence-electron chi connectivity index (χ1n) is 10.0. The van der Waals surface area contributed by atoms with E-state index in [1.54, 1.807) is 0 Å². The summed E-state index contributed by atoms with van der Waals surface area (Å²) in [6.07, 6.45) is 6.43. The molecule has 5 rings (SSSR count). The van der Waals surface area contributed by atoms with Crippen LogP contribution in [0.2, 0.25) is 0 Å². The van der Waals surface area contributed by atoms with E-state index >= 15 is 0 Å². The molecule has 134 valence electrons. The van der Waals surface area contributed by atoms with Crippen LogP contribution in [0.4, 0.5) is 5.69 Å². The van der Waals surface area contributed by atoms with E-state index in [2.05, 4.69) is 52.3 Å². The Balaban J connectivity index is 1.25. The molecule has 3 nitrogen and oxygen atoms in total. The molecule has 0 aromatic heterocycles. The fraction of sp³-hybridized carbons (Fsp3) is 0.435. The third kappa shape index (κ3) is 2.75. The molecule has 0 N–H and O–H groups in total. The number of piperidine rings is 1. The summed E-state index contributed by atoms with van der Waals surface area (Å²) in [5.74, 6) is 0.288. The Morgan fingerprint density at radius 1 is 0.769 bits per heavy atom. The van der Waals surface area contributed by atoms with E-state index in [9.17, 15) is 4.79 Å². The van der Waals surface area contributed by atoms with Crippen LogP contribution in [-0.2, 0) is 24.1 Å². The Labute approximate surface area is 155 Å². The first-order valence-corrected chi connectivity index (χ1v) is 10.0. The van der Waals surface area contributed by atoms with Gasteiger partial charge >= 0.3 is 0 Å². The quantitative estimate of drug-likeness (QED) is 0.829. The van der Waals surface area contributed by atoms with E-state index in [4.69, 9.17) is 0 Å². The van der Waals surface area contributed by atoms with Crippen molar-refractivity contribution in [3.63, 3.8) is 0 Å². The van der Waals surface area contributed by atoms with Crippen LogP contribution in [0.3, 0.4) is 0 Å². The predicted octanol–water partition coefficient (Wildman–Crippen LogP) is 3.60. The van der Waals surface area contributed by atoms with Crippen LogP contribution < -0.4 is 4.90 Å². The minimum Gasteiger partial charge on any atom is -0.309 e. The zero-order valence-corrected chi connectivity index (χ0v) is 15.2. The summed E-state index contributed by atoms with van der Waals surface area (Å²) >= 11 is 0.